The number of carbonyl (C=O) groups excluding carboxylic acids is 1. The molecule has 0 saturated carbocycles. The Kier molecular flexibility index (Phi) is 7.95. The lowest BCUT2D eigenvalue weighted by atomic mass is 9.93. The van der Waals surface area contributed by atoms with E-state index < -0.39 is 22.0 Å². The van der Waals surface area contributed by atoms with Gasteiger partial charge in [0, 0.05) is 5.02 Å². The number of hydrogen-bond acceptors (Lipinski definition) is 5. The maximum atomic E-state index is 13.7. The van der Waals surface area contributed by atoms with E-state index in [9.17, 15) is 13.2 Å². The molecule has 0 spiro atoms. The van der Waals surface area contributed by atoms with Crippen LogP contribution >= 0.6 is 11.6 Å². The molecule has 2 atom stereocenters. The molecule has 3 aromatic rings. The van der Waals surface area contributed by atoms with E-state index in [0.29, 0.717) is 10.7 Å². The average molecular weight is 557 g/mol. The van der Waals surface area contributed by atoms with Crippen molar-refractivity contribution in [3.8, 4) is 11.5 Å². The zero-order valence-corrected chi connectivity index (χ0v) is 24.0. The average Bonchev–Trinajstić information content (AvgIpc) is 2.87. The number of carbonyl (C=O) groups is 1. The van der Waals surface area contributed by atoms with Crippen LogP contribution in [0, 0.1) is 13.8 Å². The normalized spacial score (nSPS) is 16.0. The van der Waals surface area contributed by atoms with E-state index in [1.54, 1.807) is 43.5 Å². The van der Waals surface area contributed by atoms with Crippen LogP contribution in [0.4, 0.5) is 5.69 Å². The van der Waals surface area contributed by atoms with Gasteiger partial charge in [0.15, 0.2) is 6.10 Å². The lowest BCUT2D eigenvalue weighted by Crippen LogP contribution is -2.51. The fourth-order valence-corrected chi connectivity index (χ4v) is 6.25. The van der Waals surface area contributed by atoms with Gasteiger partial charge in [-0.2, -0.15) is 0 Å². The second-order valence-electron chi connectivity index (χ2n) is 9.90. The number of amides is 1. The van der Waals surface area contributed by atoms with Crippen LogP contribution in [0.15, 0.2) is 59.5 Å². The maximum absolute atomic E-state index is 13.7. The van der Waals surface area contributed by atoms with Gasteiger partial charge in [-0.3, -0.25) is 9.10 Å². The van der Waals surface area contributed by atoms with Crippen molar-refractivity contribution >= 4 is 33.2 Å². The van der Waals surface area contributed by atoms with Crippen molar-refractivity contribution in [3.05, 3.63) is 81.9 Å². The number of nitrogens with one attached hydrogen (secondary N) is 1. The minimum Gasteiger partial charge on any atom is -0.496 e. The number of ether oxygens (including phenoxy) is 2. The predicted octanol–water partition coefficient (Wildman–Crippen LogP) is 5.92. The summed E-state index contributed by atoms with van der Waals surface area (Å²) in [7, 11) is -2.34. The van der Waals surface area contributed by atoms with E-state index in [2.05, 4.69) is 25.2 Å². The summed E-state index contributed by atoms with van der Waals surface area (Å²) in [5.41, 5.74) is 4.21. The number of anilines is 1. The molecule has 0 aromatic heterocycles. The summed E-state index contributed by atoms with van der Waals surface area (Å²) in [5, 5.41) is 3.38. The molecule has 1 aliphatic heterocycles. The lowest BCUT2D eigenvalue weighted by Gasteiger charge is -2.35. The second kappa shape index (κ2) is 10.9. The summed E-state index contributed by atoms with van der Waals surface area (Å²) in [5.74, 6) is 0.899. The number of rotatable bonds is 7. The second-order valence-corrected chi connectivity index (χ2v) is 12.2. The lowest BCUT2D eigenvalue weighted by molar-refractivity contribution is -0.128. The van der Waals surface area contributed by atoms with Crippen molar-refractivity contribution in [3.63, 3.8) is 0 Å². The highest BCUT2D eigenvalue weighted by Crippen LogP contribution is 2.39. The predicted molar refractivity (Wildman–Crippen MR) is 150 cm³/mol. The van der Waals surface area contributed by atoms with Gasteiger partial charge >= 0.3 is 0 Å². The van der Waals surface area contributed by atoms with Gasteiger partial charge in [0.2, 0.25) is 0 Å². The van der Waals surface area contributed by atoms with E-state index >= 15 is 0 Å². The van der Waals surface area contributed by atoms with Crippen LogP contribution in [0.1, 0.15) is 55.0 Å². The topological polar surface area (TPSA) is 84.9 Å². The highest BCUT2D eigenvalue weighted by Gasteiger charge is 2.38. The van der Waals surface area contributed by atoms with Crippen molar-refractivity contribution in [1.82, 2.24) is 5.32 Å². The summed E-state index contributed by atoms with van der Waals surface area (Å²) in [6, 6.07) is 15.0. The van der Waals surface area contributed by atoms with E-state index in [-0.39, 0.29) is 29.1 Å². The number of halogens is 1. The molecule has 0 fully saturated rings. The van der Waals surface area contributed by atoms with Gasteiger partial charge in [-0.1, -0.05) is 43.1 Å². The fourth-order valence-electron chi connectivity index (χ4n) is 4.62. The summed E-state index contributed by atoms with van der Waals surface area (Å²) < 4.78 is 40.1. The first-order valence-corrected chi connectivity index (χ1v) is 14.3. The Labute approximate surface area is 229 Å². The van der Waals surface area contributed by atoms with Crippen LogP contribution in [0.5, 0.6) is 11.5 Å². The van der Waals surface area contributed by atoms with E-state index in [1.165, 1.54) is 10.4 Å². The molecule has 0 saturated heterocycles. The van der Waals surface area contributed by atoms with Gasteiger partial charge in [0.05, 0.1) is 30.3 Å². The highest BCUT2D eigenvalue weighted by molar-refractivity contribution is 7.92. The van der Waals surface area contributed by atoms with Gasteiger partial charge in [-0.15, -0.1) is 0 Å². The number of aryl methyl sites for hydroxylation is 2. The number of nitrogens with zero attached hydrogens (tertiary/aromatic N) is 1. The quantitative estimate of drug-likeness (QED) is 0.390. The van der Waals surface area contributed by atoms with Crippen LogP contribution in [-0.2, 0) is 14.8 Å². The molecule has 4 rings (SSSR count). The third-order valence-electron chi connectivity index (χ3n) is 6.76. The zero-order valence-electron chi connectivity index (χ0n) is 22.4. The van der Waals surface area contributed by atoms with Crippen LogP contribution in [0.25, 0.3) is 0 Å². The SMILES string of the molecule is COc1cc(C)c([C@@H](C)NC(=O)[C@H]2CN(S(=O)(=O)c3ccc(C)cc3)c3cc(Cl)ccc3O2)cc1C(C)C. The van der Waals surface area contributed by atoms with E-state index in [0.717, 1.165) is 28.0 Å². The zero-order chi connectivity index (χ0) is 27.8. The number of sulfonamides is 1. The van der Waals surface area contributed by atoms with E-state index in [1.807, 2.05) is 26.8 Å². The molecule has 1 N–H and O–H groups in total. The molecule has 1 aliphatic rings. The molecule has 38 heavy (non-hydrogen) atoms. The Hall–Kier alpha value is -3.23. The first-order valence-electron chi connectivity index (χ1n) is 12.5. The smallest absolute Gasteiger partial charge is 0.264 e. The molecule has 1 heterocycles. The molecule has 9 heteroatoms. The summed E-state index contributed by atoms with van der Waals surface area (Å²) in [4.78, 5) is 13.6. The van der Waals surface area contributed by atoms with Crippen molar-refractivity contribution in [2.24, 2.45) is 0 Å². The van der Waals surface area contributed by atoms with Gasteiger partial charge in [0.25, 0.3) is 15.9 Å². The molecule has 1 amide bonds. The Morgan fingerprint density at radius 3 is 2.37 bits per heavy atom. The van der Waals surface area contributed by atoms with E-state index in [4.69, 9.17) is 21.1 Å². The molecule has 0 unspecified atom stereocenters. The van der Waals surface area contributed by atoms with Gasteiger partial charge < -0.3 is 14.8 Å². The summed E-state index contributed by atoms with van der Waals surface area (Å²) >= 11 is 6.20. The third kappa shape index (κ3) is 5.47. The third-order valence-corrected chi connectivity index (χ3v) is 8.79. The monoisotopic (exact) mass is 556 g/mol. The molecular weight excluding hydrogens is 524 g/mol. The van der Waals surface area contributed by atoms with Crippen LogP contribution in [0.3, 0.4) is 0 Å². The Morgan fingerprint density at radius 1 is 1.05 bits per heavy atom. The Balaban J connectivity index is 1.64. The van der Waals surface area contributed by atoms with Gasteiger partial charge in [0.1, 0.15) is 11.5 Å². The first-order chi connectivity index (χ1) is 17.9. The molecule has 7 nitrogen and oxygen atoms in total. The van der Waals surface area contributed by atoms with Crippen LogP contribution in [0.2, 0.25) is 5.02 Å². The van der Waals surface area contributed by atoms with Crippen molar-refractivity contribution in [2.45, 2.75) is 57.6 Å². The molecule has 0 bridgehead atoms. The Bertz CT molecular complexity index is 1450. The largest absolute Gasteiger partial charge is 0.496 e. The number of fused-ring (bicyclic) bond motifs is 1. The summed E-state index contributed by atoms with van der Waals surface area (Å²) in [6.07, 6.45) is -1.06. The first kappa shape index (κ1) is 27.8. The Morgan fingerprint density at radius 2 is 1.74 bits per heavy atom. The molecule has 0 aliphatic carbocycles. The standard InChI is InChI=1S/C29H33ClN2O5S/c1-17(2)23-15-24(19(4)13-27(23)36-6)20(5)31-29(33)28-16-32(25-14-21(30)9-12-26(25)37-28)38(34,35)22-10-7-18(3)8-11-22/h7-15,17,20,28H,16H2,1-6H3,(H,31,33)/t20-,28-/m1/s1. The molecule has 3 aromatic carbocycles. The fraction of sp³-hybridized carbons (Fsp3) is 0.345. The molecule has 0 radical (unpaired) electrons. The maximum Gasteiger partial charge on any atom is 0.264 e. The number of benzene rings is 3. The van der Waals surface area contributed by atoms with Gasteiger partial charge in [-0.25, -0.2) is 8.42 Å². The van der Waals surface area contributed by atoms with Crippen molar-refractivity contribution in [1.29, 1.82) is 0 Å². The molecular formula is C29H33ClN2O5S. The van der Waals surface area contributed by atoms with Crippen molar-refractivity contribution < 1.29 is 22.7 Å². The highest BCUT2D eigenvalue weighted by atomic mass is 35.5. The number of hydrogen-bond donors (Lipinski definition) is 1. The number of methoxy groups -OCH3 is 1. The summed E-state index contributed by atoms with van der Waals surface area (Å²) in [6.45, 7) is 9.73. The van der Waals surface area contributed by atoms with Crippen LogP contribution < -0.4 is 19.1 Å². The van der Waals surface area contributed by atoms with Crippen LogP contribution in [-0.4, -0.2) is 34.1 Å². The minimum atomic E-state index is -3.98. The van der Waals surface area contributed by atoms with Gasteiger partial charge in [-0.05, 0) is 85.8 Å². The minimum absolute atomic E-state index is 0.124. The molecule has 202 valence electrons. The van der Waals surface area contributed by atoms with Crippen molar-refractivity contribution in [2.75, 3.05) is 18.0 Å².